The van der Waals surface area contributed by atoms with Crippen molar-refractivity contribution in [2.45, 2.75) is 52.0 Å². The minimum atomic E-state index is -0.0853. The van der Waals surface area contributed by atoms with Gasteiger partial charge >= 0.3 is 5.69 Å². The van der Waals surface area contributed by atoms with E-state index in [2.05, 4.69) is 36.2 Å². The molecule has 1 saturated heterocycles. The molecule has 2 heterocycles. The number of fused-ring (bicyclic) bond motifs is 1. The summed E-state index contributed by atoms with van der Waals surface area (Å²) in [5, 5.41) is 0. The Morgan fingerprint density at radius 1 is 1.15 bits per heavy atom. The minimum absolute atomic E-state index is 0.0452. The van der Waals surface area contributed by atoms with E-state index in [1.54, 1.807) is 0 Å². The highest BCUT2D eigenvalue weighted by Gasteiger charge is 2.39. The Bertz CT molecular complexity index is 861. The third-order valence-electron chi connectivity index (χ3n) is 6.56. The van der Waals surface area contributed by atoms with E-state index in [1.807, 2.05) is 22.5 Å². The Morgan fingerprint density at radius 2 is 1.85 bits per heavy atom. The van der Waals surface area contributed by atoms with Gasteiger partial charge in [-0.05, 0) is 43.6 Å². The van der Waals surface area contributed by atoms with E-state index in [1.165, 1.54) is 5.56 Å². The van der Waals surface area contributed by atoms with E-state index in [-0.39, 0.29) is 29.4 Å². The molecule has 1 amide bonds. The molecule has 1 aliphatic heterocycles. The lowest BCUT2D eigenvalue weighted by molar-refractivity contribution is -0.136. The number of imidazole rings is 1. The monoisotopic (exact) mass is 367 g/mol. The van der Waals surface area contributed by atoms with E-state index in [0.717, 1.165) is 43.7 Å². The first-order valence-corrected chi connectivity index (χ1v) is 10.2. The van der Waals surface area contributed by atoms with Crippen LogP contribution in [0.2, 0.25) is 0 Å². The standard InChI is InChI=1S/C22H29N3O2/c1-3-25-20-14-17(16-9-5-4-6-10-16)15(2)18(13-19(20)23-22(25)27)21(26)24-11-7-8-12-24/h4-6,9-10,15,17-18H,3,7-8,11-14H2,1-2H3,(H,23,27)/t15-,17-,18+/m1/s1. The molecule has 144 valence electrons. The Balaban J connectivity index is 1.77. The van der Waals surface area contributed by atoms with Gasteiger partial charge in [-0.15, -0.1) is 0 Å². The van der Waals surface area contributed by atoms with Crippen LogP contribution in [0.1, 0.15) is 49.6 Å². The van der Waals surface area contributed by atoms with Gasteiger partial charge in [-0.1, -0.05) is 37.3 Å². The van der Waals surface area contributed by atoms with Crippen LogP contribution in [-0.2, 0) is 24.2 Å². The molecular weight excluding hydrogens is 338 g/mol. The van der Waals surface area contributed by atoms with Gasteiger partial charge in [0.05, 0.1) is 0 Å². The van der Waals surface area contributed by atoms with Crippen molar-refractivity contribution < 1.29 is 4.79 Å². The zero-order chi connectivity index (χ0) is 19.0. The van der Waals surface area contributed by atoms with Crippen LogP contribution < -0.4 is 5.69 Å². The molecule has 1 aromatic carbocycles. The number of nitrogens with zero attached hydrogens (tertiary/aromatic N) is 2. The van der Waals surface area contributed by atoms with Crippen molar-refractivity contribution >= 4 is 5.91 Å². The summed E-state index contributed by atoms with van der Waals surface area (Å²) in [4.78, 5) is 30.8. The molecule has 27 heavy (non-hydrogen) atoms. The van der Waals surface area contributed by atoms with Crippen LogP contribution in [0.15, 0.2) is 35.1 Å². The molecule has 5 heteroatoms. The third-order valence-corrected chi connectivity index (χ3v) is 6.56. The van der Waals surface area contributed by atoms with E-state index < -0.39 is 0 Å². The summed E-state index contributed by atoms with van der Waals surface area (Å²) < 4.78 is 1.85. The van der Waals surface area contributed by atoms with Gasteiger partial charge in [-0.25, -0.2) is 4.79 Å². The average molecular weight is 367 g/mol. The number of rotatable bonds is 3. The SMILES string of the molecule is CCn1c2c([nH]c1=O)C[C@H](C(=O)N1CCCC1)[C@H](C)[C@H](c1ccccc1)C2. The second-order valence-corrected chi connectivity index (χ2v) is 8.02. The number of amides is 1. The summed E-state index contributed by atoms with van der Waals surface area (Å²) in [6.45, 7) is 6.63. The quantitative estimate of drug-likeness (QED) is 0.848. The molecule has 0 saturated carbocycles. The molecule has 1 N–H and O–H groups in total. The predicted octanol–water partition coefficient (Wildman–Crippen LogP) is 2.95. The molecule has 1 aliphatic carbocycles. The predicted molar refractivity (Wildman–Crippen MR) is 106 cm³/mol. The number of hydrogen-bond donors (Lipinski definition) is 1. The largest absolute Gasteiger partial charge is 0.342 e. The zero-order valence-corrected chi connectivity index (χ0v) is 16.3. The van der Waals surface area contributed by atoms with Crippen molar-refractivity contribution in [2.75, 3.05) is 13.1 Å². The molecular formula is C22H29N3O2. The molecule has 5 nitrogen and oxygen atoms in total. The first kappa shape index (κ1) is 18.1. The van der Waals surface area contributed by atoms with Crippen molar-refractivity contribution in [3.05, 3.63) is 57.8 Å². The fourth-order valence-electron chi connectivity index (χ4n) is 4.98. The van der Waals surface area contributed by atoms with Crippen molar-refractivity contribution in [1.29, 1.82) is 0 Å². The van der Waals surface area contributed by atoms with Gasteiger partial charge in [0.2, 0.25) is 5.91 Å². The highest BCUT2D eigenvalue weighted by atomic mass is 16.2. The third kappa shape index (κ3) is 3.24. The summed E-state index contributed by atoms with van der Waals surface area (Å²) in [7, 11) is 0. The van der Waals surface area contributed by atoms with Crippen LogP contribution in [0.3, 0.4) is 0 Å². The average Bonchev–Trinajstić information content (AvgIpc) is 3.29. The summed E-state index contributed by atoms with van der Waals surface area (Å²) in [5.41, 5.74) is 3.26. The Labute approximate surface area is 160 Å². The van der Waals surface area contributed by atoms with Crippen molar-refractivity contribution in [3.8, 4) is 0 Å². The Morgan fingerprint density at radius 3 is 2.52 bits per heavy atom. The number of aromatic nitrogens is 2. The normalized spacial score (nSPS) is 25.3. The van der Waals surface area contributed by atoms with Crippen LogP contribution in [0.5, 0.6) is 0 Å². The van der Waals surface area contributed by atoms with E-state index in [9.17, 15) is 9.59 Å². The molecule has 2 aromatic rings. The number of aromatic amines is 1. The lowest BCUT2D eigenvalue weighted by Gasteiger charge is -2.31. The molecule has 0 radical (unpaired) electrons. The number of benzene rings is 1. The van der Waals surface area contributed by atoms with Crippen molar-refractivity contribution in [2.24, 2.45) is 11.8 Å². The molecule has 4 rings (SSSR count). The van der Waals surface area contributed by atoms with Crippen LogP contribution >= 0.6 is 0 Å². The number of carbonyl (C=O) groups is 1. The molecule has 1 fully saturated rings. The van der Waals surface area contributed by atoms with Gasteiger partial charge in [0, 0.05) is 43.4 Å². The van der Waals surface area contributed by atoms with Crippen LogP contribution in [0, 0.1) is 11.8 Å². The molecule has 2 aliphatic rings. The second kappa shape index (κ2) is 7.37. The van der Waals surface area contributed by atoms with Crippen LogP contribution in [0.25, 0.3) is 0 Å². The first-order chi connectivity index (χ1) is 13.1. The van der Waals surface area contributed by atoms with Crippen molar-refractivity contribution in [1.82, 2.24) is 14.5 Å². The summed E-state index contributed by atoms with van der Waals surface area (Å²) in [6, 6.07) is 10.5. The Hall–Kier alpha value is -2.30. The van der Waals surface area contributed by atoms with Gasteiger partial charge in [-0.3, -0.25) is 9.36 Å². The Kier molecular flexibility index (Phi) is 4.94. The fourth-order valence-corrected chi connectivity index (χ4v) is 4.98. The van der Waals surface area contributed by atoms with Crippen molar-refractivity contribution in [3.63, 3.8) is 0 Å². The first-order valence-electron chi connectivity index (χ1n) is 10.2. The lowest BCUT2D eigenvalue weighted by atomic mass is 9.77. The van der Waals surface area contributed by atoms with Gasteiger partial charge in [-0.2, -0.15) is 0 Å². The minimum Gasteiger partial charge on any atom is -0.342 e. The number of likely N-dealkylation sites (tertiary alicyclic amines) is 1. The van der Waals surface area contributed by atoms with Gasteiger partial charge in [0.15, 0.2) is 0 Å². The maximum absolute atomic E-state index is 13.3. The van der Waals surface area contributed by atoms with E-state index in [0.29, 0.717) is 13.0 Å². The number of hydrogen-bond acceptors (Lipinski definition) is 2. The van der Waals surface area contributed by atoms with E-state index in [4.69, 9.17) is 0 Å². The molecule has 3 atom stereocenters. The molecule has 0 unspecified atom stereocenters. The summed E-state index contributed by atoms with van der Waals surface area (Å²) >= 11 is 0. The number of nitrogens with one attached hydrogen (secondary N) is 1. The molecule has 1 aromatic heterocycles. The number of H-pyrrole nitrogens is 1. The highest BCUT2D eigenvalue weighted by Crippen LogP contribution is 2.39. The molecule has 0 spiro atoms. The smallest absolute Gasteiger partial charge is 0.325 e. The maximum atomic E-state index is 13.3. The topological polar surface area (TPSA) is 58.1 Å². The van der Waals surface area contributed by atoms with E-state index >= 15 is 0 Å². The fraction of sp³-hybridized carbons (Fsp3) is 0.545. The lowest BCUT2D eigenvalue weighted by Crippen LogP contribution is -2.39. The van der Waals surface area contributed by atoms with Crippen LogP contribution in [0.4, 0.5) is 0 Å². The zero-order valence-electron chi connectivity index (χ0n) is 16.3. The summed E-state index contributed by atoms with van der Waals surface area (Å²) in [6.07, 6.45) is 3.64. The second-order valence-electron chi connectivity index (χ2n) is 8.02. The maximum Gasteiger partial charge on any atom is 0.325 e. The van der Waals surface area contributed by atoms with Gasteiger partial charge < -0.3 is 9.88 Å². The van der Waals surface area contributed by atoms with Gasteiger partial charge in [0.1, 0.15) is 0 Å². The molecule has 0 bridgehead atoms. The summed E-state index contributed by atoms with van der Waals surface area (Å²) in [5.74, 6) is 0.635. The highest BCUT2D eigenvalue weighted by molar-refractivity contribution is 5.80. The van der Waals surface area contributed by atoms with Gasteiger partial charge in [0.25, 0.3) is 0 Å². The van der Waals surface area contributed by atoms with Crippen LogP contribution in [-0.4, -0.2) is 33.4 Å². The number of carbonyl (C=O) groups excluding carboxylic acids is 1.